The zero-order valence-electron chi connectivity index (χ0n) is 10.9. The Kier molecular flexibility index (Phi) is 3.91. The number of nitrogens with one attached hydrogen (secondary N) is 1. The highest BCUT2D eigenvalue weighted by Gasteiger charge is 2.35. The minimum Gasteiger partial charge on any atom is -0.351 e. The van der Waals surface area contributed by atoms with E-state index in [0.717, 1.165) is 18.7 Å². The van der Waals surface area contributed by atoms with Crippen LogP contribution in [0.2, 0.25) is 5.02 Å². The maximum Gasteiger partial charge on any atom is 0.254 e. The average molecular weight is 267 g/mol. The van der Waals surface area contributed by atoms with Gasteiger partial charge in [-0.1, -0.05) is 24.9 Å². The van der Waals surface area contributed by atoms with Crippen LogP contribution in [0.15, 0.2) is 12.3 Å². The van der Waals surface area contributed by atoms with E-state index >= 15 is 0 Å². The van der Waals surface area contributed by atoms with Crippen LogP contribution in [0.25, 0.3) is 0 Å². The molecular weight excluding hydrogens is 248 g/mol. The van der Waals surface area contributed by atoms with Crippen molar-refractivity contribution in [1.29, 1.82) is 0 Å². The average Bonchev–Trinajstić information content (AvgIpc) is 2.27. The van der Waals surface area contributed by atoms with E-state index < -0.39 is 0 Å². The lowest BCUT2D eigenvalue weighted by Gasteiger charge is -2.41. The van der Waals surface area contributed by atoms with Crippen LogP contribution >= 0.6 is 11.6 Å². The van der Waals surface area contributed by atoms with Crippen molar-refractivity contribution in [3.05, 3.63) is 28.5 Å². The van der Waals surface area contributed by atoms with Gasteiger partial charge in [-0.05, 0) is 37.7 Å². The summed E-state index contributed by atoms with van der Waals surface area (Å²) in [6.07, 6.45) is 6.36. The maximum absolute atomic E-state index is 12.0. The molecule has 1 aliphatic rings. The molecule has 1 N–H and O–H groups in total. The molecule has 3 nitrogen and oxygen atoms in total. The number of aryl methyl sites for hydroxylation is 1. The number of hydrogen-bond donors (Lipinski definition) is 1. The number of halogens is 1. The fraction of sp³-hybridized carbons (Fsp3) is 0.571. The van der Waals surface area contributed by atoms with Crippen molar-refractivity contribution in [3.63, 3.8) is 0 Å². The molecule has 0 bridgehead atoms. The fourth-order valence-corrected chi connectivity index (χ4v) is 2.68. The predicted octanol–water partition coefficient (Wildman–Crippen LogP) is 3.35. The number of rotatable bonds is 4. The molecule has 1 amide bonds. The molecule has 0 aromatic carbocycles. The minimum absolute atomic E-state index is 0.118. The highest BCUT2D eigenvalue weighted by atomic mass is 35.5. The first-order chi connectivity index (χ1) is 8.56. The molecule has 0 spiro atoms. The molecule has 1 aromatic heterocycles. The number of amides is 1. The second-order valence-corrected chi connectivity index (χ2v) is 5.60. The Morgan fingerprint density at radius 3 is 2.78 bits per heavy atom. The van der Waals surface area contributed by atoms with Crippen molar-refractivity contribution in [2.45, 2.75) is 39.5 Å². The summed E-state index contributed by atoms with van der Waals surface area (Å²) in [5, 5.41) is 3.46. The van der Waals surface area contributed by atoms with E-state index in [9.17, 15) is 4.79 Å². The van der Waals surface area contributed by atoms with Crippen LogP contribution in [0.5, 0.6) is 0 Å². The van der Waals surface area contributed by atoms with Gasteiger partial charge in [-0.2, -0.15) is 0 Å². The zero-order chi connectivity index (χ0) is 13.2. The van der Waals surface area contributed by atoms with Crippen LogP contribution < -0.4 is 5.32 Å². The van der Waals surface area contributed by atoms with Crippen molar-refractivity contribution >= 4 is 17.5 Å². The molecule has 1 heterocycles. The third-order valence-electron chi connectivity index (χ3n) is 4.02. The Balaban J connectivity index is 1.99. The molecule has 0 radical (unpaired) electrons. The van der Waals surface area contributed by atoms with Crippen molar-refractivity contribution in [1.82, 2.24) is 10.3 Å². The van der Waals surface area contributed by atoms with E-state index in [1.807, 2.05) is 6.92 Å². The first-order valence-corrected chi connectivity index (χ1v) is 6.84. The van der Waals surface area contributed by atoms with Gasteiger partial charge in [0.25, 0.3) is 5.91 Å². The van der Waals surface area contributed by atoms with Crippen LogP contribution in [-0.2, 0) is 0 Å². The van der Waals surface area contributed by atoms with Crippen LogP contribution in [0.3, 0.4) is 0 Å². The molecule has 2 rings (SSSR count). The highest BCUT2D eigenvalue weighted by molar-refractivity contribution is 6.33. The van der Waals surface area contributed by atoms with Gasteiger partial charge in [0, 0.05) is 18.4 Å². The molecule has 0 atom stereocenters. The third kappa shape index (κ3) is 2.66. The van der Waals surface area contributed by atoms with Crippen molar-refractivity contribution in [3.8, 4) is 0 Å². The second kappa shape index (κ2) is 5.27. The molecule has 1 aromatic rings. The molecule has 98 valence electrons. The second-order valence-electron chi connectivity index (χ2n) is 5.20. The first kappa shape index (κ1) is 13.3. The zero-order valence-corrected chi connectivity index (χ0v) is 11.7. The summed E-state index contributed by atoms with van der Waals surface area (Å²) in [5.41, 5.74) is 1.61. The summed E-state index contributed by atoms with van der Waals surface area (Å²) < 4.78 is 0. The molecular formula is C14H19ClN2O. The lowest BCUT2D eigenvalue weighted by atomic mass is 9.67. The van der Waals surface area contributed by atoms with Gasteiger partial charge in [-0.25, -0.2) is 0 Å². The number of carbonyl (C=O) groups is 1. The van der Waals surface area contributed by atoms with Gasteiger partial charge in [0.2, 0.25) is 0 Å². The Labute approximate surface area is 113 Å². The summed E-state index contributed by atoms with van der Waals surface area (Å²) in [6.45, 7) is 4.78. The van der Waals surface area contributed by atoms with Crippen molar-refractivity contribution in [2.75, 3.05) is 6.54 Å². The van der Waals surface area contributed by atoms with Gasteiger partial charge in [0.1, 0.15) is 0 Å². The molecule has 0 unspecified atom stereocenters. The lowest BCUT2D eigenvalue weighted by Crippen LogP contribution is -2.41. The lowest BCUT2D eigenvalue weighted by molar-refractivity contribution is 0.0850. The van der Waals surface area contributed by atoms with Crippen LogP contribution in [0.4, 0.5) is 0 Å². The van der Waals surface area contributed by atoms with Gasteiger partial charge in [-0.15, -0.1) is 0 Å². The summed E-state index contributed by atoms with van der Waals surface area (Å²) in [6, 6.07) is 1.72. The van der Waals surface area contributed by atoms with Gasteiger partial charge in [0.15, 0.2) is 0 Å². The van der Waals surface area contributed by atoms with Crippen molar-refractivity contribution < 1.29 is 4.79 Å². The van der Waals surface area contributed by atoms with Gasteiger partial charge in [0.05, 0.1) is 10.6 Å². The molecule has 18 heavy (non-hydrogen) atoms. The van der Waals surface area contributed by atoms with Gasteiger partial charge in [-0.3, -0.25) is 9.78 Å². The van der Waals surface area contributed by atoms with Gasteiger partial charge >= 0.3 is 0 Å². The largest absolute Gasteiger partial charge is 0.351 e. The standard InChI is InChI=1S/C14H19ClN2O/c1-3-14(5-4-6-14)9-17-13(18)11-8-16-10(2)7-12(11)15/h7-8H,3-6,9H2,1-2H3,(H,17,18). The monoisotopic (exact) mass is 266 g/mol. The molecule has 0 saturated heterocycles. The number of nitrogens with zero attached hydrogens (tertiary/aromatic N) is 1. The summed E-state index contributed by atoms with van der Waals surface area (Å²) >= 11 is 6.06. The topological polar surface area (TPSA) is 42.0 Å². The number of pyridine rings is 1. The maximum atomic E-state index is 12.0. The number of aromatic nitrogens is 1. The summed E-state index contributed by atoms with van der Waals surface area (Å²) in [7, 11) is 0. The smallest absolute Gasteiger partial charge is 0.254 e. The third-order valence-corrected chi connectivity index (χ3v) is 4.34. The van der Waals surface area contributed by atoms with Crippen LogP contribution in [-0.4, -0.2) is 17.4 Å². The first-order valence-electron chi connectivity index (χ1n) is 6.47. The Morgan fingerprint density at radius 2 is 2.28 bits per heavy atom. The quantitative estimate of drug-likeness (QED) is 0.908. The van der Waals surface area contributed by atoms with Crippen LogP contribution in [0.1, 0.15) is 48.7 Å². The van der Waals surface area contributed by atoms with Crippen molar-refractivity contribution in [2.24, 2.45) is 5.41 Å². The van der Waals surface area contributed by atoms with E-state index in [1.165, 1.54) is 19.3 Å². The SMILES string of the molecule is CCC1(CNC(=O)c2cnc(C)cc2Cl)CCC1. The van der Waals surface area contributed by atoms with E-state index in [4.69, 9.17) is 11.6 Å². The van der Waals surface area contributed by atoms with Crippen LogP contribution in [0, 0.1) is 12.3 Å². The Bertz CT molecular complexity index is 450. The Hall–Kier alpha value is -1.09. The van der Waals surface area contributed by atoms with E-state index in [1.54, 1.807) is 12.3 Å². The number of hydrogen-bond acceptors (Lipinski definition) is 2. The van der Waals surface area contributed by atoms with E-state index in [-0.39, 0.29) is 5.91 Å². The normalized spacial score (nSPS) is 17.1. The number of carbonyl (C=O) groups excluding carboxylic acids is 1. The van der Waals surface area contributed by atoms with Gasteiger partial charge < -0.3 is 5.32 Å². The minimum atomic E-state index is -0.118. The molecule has 1 fully saturated rings. The highest BCUT2D eigenvalue weighted by Crippen LogP contribution is 2.43. The van der Waals surface area contributed by atoms with E-state index in [0.29, 0.717) is 16.0 Å². The molecule has 0 aliphatic heterocycles. The summed E-state index contributed by atoms with van der Waals surface area (Å²) in [5.74, 6) is -0.118. The Morgan fingerprint density at radius 1 is 1.56 bits per heavy atom. The summed E-state index contributed by atoms with van der Waals surface area (Å²) in [4.78, 5) is 16.2. The molecule has 1 saturated carbocycles. The predicted molar refractivity (Wildman–Crippen MR) is 72.9 cm³/mol. The molecule has 4 heteroatoms. The fourth-order valence-electron chi connectivity index (χ4n) is 2.39. The van der Waals surface area contributed by atoms with E-state index in [2.05, 4.69) is 17.2 Å². The molecule has 1 aliphatic carbocycles.